The van der Waals surface area contributed by atoms with E-state index in [-0.39, 0.29) is 17.5 Å². The zero-order chi connectivity index (χ0) is 23.4. The fourth-order valence-corrected chi connectivity index (χ4v) is 9.81. The Bertz CT molecular complexity index is 756. The standard InChI is InChI=1S/C29H47NO3/c1-19-15-20(2)18-30(17-19)14-11-27(32)33-26-8-7-24-23-6-5-21-16-22(31)9-12-28(21,3)25(23)10-13-29(24,26)4/h19-21,23-26H,5-18H2,1-4H3/p+1/t19-,20+,21-,23+,24+,25+,26-,28+,29+/m1/s1. The molecule has 4 saturated carbocycles. The van der Waals surface area contributed by atoms with Gasteiger partial charge in [0.05, 0.1) is 26.1 Å². The molecule has 10 atom stereocenters. The number of hydrogen-bond donors (Lipinski definition) is 1. The van der Waals surface area contributed by atoms with Crippen LogP contribution in [-0.4, -0.2) is 37.5 Å². The third-order valence-corrected chi connectivity index (χ3v) is 11.4. The van der Waals surface area contributed by atoms with E-state index < -0.39 is 0 Å². The number of hydrogen-bond acceptors (Lipinski definition) is 3. The summed E-state index contributed by atoms with van der Waals surface area (Å²) >= 11 is 0. The molecule has 186 valence electrons. The van der Waals surface area contributed by atoms with Crippen molar-refractivity contribution >= 4 is 11.8 Å². The zero-order valence-corrected chi connectivity index (χ0v) is 21.7. The first-order valence-electron chi connectivity index (χ1n) is 14.2. The van der Waals surface area contributed by atoms with Gasteiger partial charge in [-0.3, -0.25) is 9.59 Å². The predicted molar refractivity (Wildman–Crippen MR) is 130 cm³/mol. The number of piperidine rings is 1. The molecule has 0 radical (unpaired) electrons. The molecule has 0 aromatic rings. The molecule has 5 fully saturated rings. The van der Waals surface area contributed by atoms with Gasteiger partial charge in [0.1, 0.15) is 11.9 Å². The van der Waals surface area contributed by atoms with Crippen LogP contribution in [0.4, 0.5) is 0 Å². The van der Waals surface area contributed by atoms with E-state index in [1.165, 1.54) is 51.6 Å². The Morgan fingerprint density at radius 3 is 2.45 bits per heavy atom. The number of likely N-dealkylation sites (tertiary alicyclic amines) is 1. The lowest BCUT2D eigenvalue weighted by atomic mass is 9.45. The van der Waals surface area contributed by atoms with Crippen molar-refractivity contribution in [3.05, 3.63) is 0 Å². The largest absolute Gasteiger partial charge is 0.462 e. The second kappa shape index (κ2) is 8.95. The highest BCUT2D eigenvalue weighted by molar-refractivity contribution is 5.79. The topological polar surface area (TPSA) is 47.8 Å². The smallest absolute Gasteiger partial charge is 0.311 e. The highest BCUT2D eigenvalue weighted by Gasteiger charge is 2.61. The van der Waals surface area contributed by atoms with E-state index in [9.17, 15) is 9.59 Å². The van der Waals surface area contributed by atoms with Gasteiger partial charge in [-0.25, -0.2) is 0 Å². The summed E-state index contributed by atoms with van der Waals surface area (Å²) in [6, 6.07) is 0. The lowest BCUT2D eigenvalue weighted by Crippen LogP contribution is -3.14. The van der Waals surface area contributed by atoms with Crippen LogP contribution in [-0.2, 0) is 14.3 Å². The highest BCUT2D eigenvalue weighted by atomic mass is 16.5. The molecule has 4 aliphatic carbocycles. The van der Waals surface area contributed by atoms with Crippen molar-refractivity contribution in [1.82, 2.24) is 0 Å². The first-order chi connectivity index (χ1) is 15.7. The number of quaternary nitrogens is 1. The monoisotopic (exact) mass is 458 g/mol. The van der Waals surface area contributed by atoms with Crippen LogP contribution in [0.15, 0.2) is 0 Å². The van der Waals surface area contributed by atoms with Crippen LogP contribution in [0.1, 0.15) is 98.3 Å². The van der Waals surface area contributed by atoms with Gasteiger partial charge in [0.15, 0.2) is 0 Å². The summed E-state index contributed by atoms with van der Waals surface area (Å²) in [5.74, 6) is 4.92. The van der Waals surface area contributed by atoms with Gasteiger partial charge in [0.2, 0.25) is 0 Å². The van der Waals surface area contributed by atoms with E-state index in [0.717, 1.165) is 55.9 Å². The van der Waals surface area contributed by atoms with Gasteiger partial charge >= 0.3 is 5.97 Å². The minimum atomic E-state index is 0.0452. The maximum Gasteiger partial charge on any atom is 0.311 e. The second-order valence-corrected chi connectivity index (χ2v) is 13.6. The third kappa shape index (κ3) is 4.32. The summed E-state index contributed by atoms with van der Waals surface area (Å²) in [5, 5.41) is 0. The predicted octanol–water partition coefficient (Wildman–Crippen LogP) is 4.46. The summed E-state index contributed by atoms with van der Waals surface area (Å²) in [6.07, 6.45) is 12.0. The van der Waals surface area contributed by atoms with Crippen molar-refractivity contribution in [2.75, 3.05) is 19.6 Å². The van der Waals surface area contributed by atoms with Gasteiger partial charge in [-0.1, -0.05) is 27.7 Å². The molecule has 1 heterocycles. The number of Topliss-reactive ketones (excluding diaryl/α,β-unsaturated/α-hetero) is 1. The van der Waals surface area contributed by atoms with Crippen molar-refractivity contribution in [3.63, 3.8) is 0 Å². The Morgan fingerprint density at radius 1 is 0.970 bits per heavy atom. The number of carbonyl (C=O) groups is 2. The van der Waals surface area contributed by atoms with Gasteiger partial charge in [-0.05, 0) is 80.5 Å². The Labute approximate surface area is 201 Å². The van der Waals surface area contributed by atoms with Gasteiger partial charge in [0.25, 0.3) is 0 Å². The lowest BCUT2D eigenvalue weighted by molar-refractivity contribution is -0.911. The van der Waals surface area contributed by atoms with E-state index in [4.69, 9.17) is 4.74 Å². The second-order valence-electron chi connectivity index (χ2n) is 13.6. The Hall–Kier alpha value is -0.900. The van der Waals surface area contributed by atoms with Gasteiger partial charge in [-0.2, -0.15) is 0 Å². The summed E-state index contributed by atoms with van der Waals surface area (Å²) in [4.78, 5) is 26.6. The summed E-state index contributed by atoms with van der Waals surface area (Å²) in [7, 11) is 0. The van der Waals surface area contributed by atoms with E-state index in [1.54, 1.807) is 4.90 Å². The molecule has 0 amide bonds. The lowest BCUT2D eigenvalue weighted by Gasteiger charge is -2.60. The third-order valence-electron chi connectivity index (χ3n) is 11.4. The number of ketones is 1. The maximum absolute atomic E-state index is 12.9. The van der Waals surface area contributed by atoms with Crippen molar-refractivity contribution in [1.29, 1.82) is 0 Å². The molecular weight excluding hydrogens is 410 g/mol. The number of nitrogens with one attached hydrogen (secondary N) is 1. The molecule has 4 heteroatoms. The molecule has 0 aromatic heterocycles. The average Bonchev–Trinajstić information content (AvgIpc) is 3.08. The van der Waals surface area contributed by atoms with E-state index in [0.29, 0.717) is 29.5 Å². The molecule has 0 aromatic carbocycles. The molecule has 1 unspecified atom stereocenters. The molecule has 5 aliphatic rings. The highest BCUT2D eigenvalue weighted by Crippen LogP contribution is 2.66. The zero-order valence-electron chi connectivity index (χ0n) is 21.7. The SMILES string of the molecule is C[C@@H]1C[C@H](C)C[NH+](CCC(=O)O[C@@H]2CC[C@H]3[C@@H]4CC[C@@H]5CC(=O)CC[C@]5(C)[C@H]4CC[C@]23C)C1. The number of esters is 1. The first-order valence-corrected chi connectivity index (χ1v) is 14.2. The van der Waals surface area contributed by atoms with Crippen LogP contribution in [0.3, 0.4) is 0 Å². The fourth-order valence-electron chi connectivity index (χ4n) is 9.81. The minimum absolute atomic E-state index is 0.0452. The van der Waals surface area contributed by atoms with E-state index in [1.807, 2.05) is 0 Å². The molecule has 1 saturated heterocycles. The van der Waals surface area contributed by atoms with Crippen LogP contribution < -0.4 is 4.90 Å². The molecule has 1 aliphatic heterocycles. The Morgan fingerprint density at radius 2 is 1.70 bits per heavy atom. The van der Waals surface area contributed by atoms with Crippen LogP contribution in [0.2, 0.25) is 0 Å². The normalized spacial score (nSPS) is 49.6. The van der Waals surface area contributed by atoms with Gasteiger partial charge < -0.3 is 9.64 Å². The molecule has 0 bridgehead atoms. The maximum atomic E-state index is 12.9. The quantitative estimate of drug-likeness (QED) is 0.633. The molecule has 0 spiro atoms. The Balaban J connectivity index is 1.19. The molecular formula is C29H48NO3+. The van der Waals surface area contributed by atoms with Crippen molar-refractivity contribution in [2.24, 2.45) is 46.3 Å². The number of rotatable bonds is 4. The fraction of sp³-hybridized carbons (Fsp3) is 0.931. The molecule has 4 nitrogen and oxygen atoms in total. The molecule has 33 heavy (non-hydrogen) atoms. The summed E-state index contributed by atoms with van der Waals surface area (Å²) in [5.41, 5.74) is 0.518. The molecule has 1 N–H and O–H groups in total. The van der Waals surface area contributed by atoms with Crippen LogP contribution in [0, 0.1) is 46.3 Å². The summed E-state index contributed by atoms with van der Waals surface area (Å²) in [6.45, 7) is 13.0. The minimum Gasteiger partial charge on any atom is -0.462 e. The Kier molecular flexibility index (Phi) is 6.46. The van der Waals surface area contributed by atoms with Gasteiger partial charge in [0, 0.05) is 30.1 Å². The molecule has 5 rings (SSSR count). The van der Waals surface area contributed by atoms with E-state index >= 15 is 0 Å². The van der Waals surface area contributed by atoms with Crippen LogP contribution >= 0.6 is 0 Å². The van der Waals surface area contributed by atoms with Gasteiger partial charge in [-0.15, -0.1) is 0 Å². The number of carbonyl (C=O) groups excluding carboxylic acids is 2. The first kappa shape index (κ1) is 23.8. The van der Waals surface area contributed by atoms with Crippen molar-refractivity contribution < 1.29 is 19.2 Å². The van der Waals surface area contributed by atoms with E-state index in [2.05, 4.69) is 27.7 Å². The van der Waals surface area contributed by atoms with Crippen molar-refractivity contribution in [3.8, 4) is 0 Å². The average molecular weight is 459 g/mol. The van der Waals surface area contributed by atoms with Crippen molar-refractivity contribution in [2.45, 2.75) is 104 Å². The van der Waals surface area contributed by atoms with Crippen LogP contribution in [0.25, 0.3) is 0 Å². The number of ether oxygens (including phenoxy) is 1. The van der Waals surface area contributed by atoms with Crippen LogP contribution in [0.5, 0.6) is 0 Å². The summed E-state index contributed by atoms with van der Waals surface area (Å²) < 4.78 is 6.26. The number of fused-ring (bicyclic) bond motifs is 5.